The lowest BCUT2D eigenvalue weighted by molar-refractivity contribution is -0.115. The Balaban J connectivity index is 1.57. The fraction of sp³-hybridized carbons (Fsp3) is 0.111. The van der Waals surface area contributed by atoms with Crippen LogP contribution in [-0.4, -0.2) is 17.4 Å². The number of para-hydroxylation sites is 1. The number of hydrogen-bond acceptors (Lipinski definition) is 3. The van der Waals surface area contributed by atoms with Crippen LogP contribution in [0, 0.1) is 0 Å². The Bertz CT molecular complexity index is 813. The van der Waals surface area contributed by atoms with Gasteiger partial charge in [-0.1, -0.05) is 34.1 Å². The van der Waals surface area contributed by atoms with Crippen LogP contribution in [-0.2, 0) is 4.79 Å². The van der Waals surface area contributed by atoms with Crippen molar-refractivity contribution in [2.75, 3.05) is 17.2 Å². The first-order valence-corrected chi connectivity index (χ1v) is 8.15. The van der Waals surface area contributed by atoms with Crippen molar-refractivity contribution in [3.63, 3.8) is 0 Å². The monoisotopic (exact) mass is 369 g/mol. The van der Waals surface area contributed by atoms with Gasteiger partial charge in [-0.2, -0.15) is 0 Å². The van der Waals surface area contributed by atoms with Crippen molar-refractivity contribution in [3.8, 4) is 0 Å². The molecule has 0 saturated heterocycles. The molecule has 0 bridgehead atoms. The molecule has 0 radical (unpaired) electrons. The maximum atomic E-state index is 12.1. The Kier molecular flexibility index (Phi) is 4.88. The number of carbonyl (C=O) groups is 1. The Labute approximate surface area is 143 Å². The number of nitrogens with zero attached hydrogens (tertiary/aromatic N) is 1. The Morgan fingerprint density at radius 1 is 1.04 bits per heavy atom. The quantitative estimate of drug-likeness (QED) is 0.698. The minimum atomic E-state index is -0.0345. The summed E-state index contributed by atoms with van der Waals surface area (Å²) in [5.41, 5.74) is 2.55. The van der Waals surface area contributed by atoms with Crippen molar-refractivity contribution in [2.24, 2.45) is 0 Å². The van der Waals surface area contributed by atoms with E-state index in [1.165, 1.54) is 0 Å². The summed E-state index contributed by atoms with van der Waals surface area (Å²) < 4.78 is 1.03. The van der Waals surface area contributed by atoms with Crippen LogP contribution in [0.3, 0.4) is 0 Å². The number of rotatable bonds is 5. The summed E-state index contributed by atoms with van der Waals surface area (Å²) in [6.07, 6.45) is 2.12. The van der Waals surface area contributed by atoms with E-state index in [2.05, 4.69) is 31.5 Å². The van der Waals surface area contributed by atoms with Gasteiger partial charge in [-0.25, -0.2) is 0 Å². The van der Waals surface area contributed by atoms with Crippen molar-refractivity contribution in [3.05, 3.63) is 65.3 Å². The van der Waals surface area contributed by atoms with Crippen molar-refractivity contribution in [2.45, 2.75) is 6.42 Å². The van der Waals surface area contributed by atoms with Crippen molar-refractivity contribution in [1.82, 2.24) is 4.98 Å². The summed E-state index contributed by atoms with van der Waals surface area (Å²) in [4.78, 5) is 16.4. The Hall–Kier alpha value is -2.40. The lowest BCUT2D eigenvalue weighted by Crippen LogP contribution is -2.16. The van der Waals surface area contributed by atoms with Gasteiger partial charge in [0.1, 0.15) is 0 Å². The second-order valence-corrected chi connectivity index (χ2v) is 6.03. The van der Waals surface area contributed by atoms with Gasteiger partial charge in [0.05, 0.1) is 11.2 Å². The van der Waals surface area contributed by atoms with Gasteiger partial charge in [0.2, 0.25) is 5.91 Å². The minimum Gasteiger partial charge on any atom is -0.385 e. The van der Waals surface area contributed by atoms with E-state index in [0.717, 1.165) is 26.8 Å². The molecule has 0 aliphatic rings. The van der Waals surface area contributed by atoms with E-state index in [1.807, 2.05) is 54.6 Å². The highest BCUT2D eigenvalue weighted by Crippen LogP contribution is 2.20. The molecule has 2 N–H and O–H groups in total. The highest BCUT2D eigenvalue weighted by molar-refractivity contribution is 9.10. The first kappa shape index (κ1) is 15.5. The molecule has 4 nitrogen and oxygen atoms in total. The molecule has 3 rings (SSSR count). The summed E-state index contributed by atoms with van der Waals surface area (Å²) in [5.74, 6) is -0.0345. The molecule has 0 atom stereocenters. The number of anilines is 2. The number of fused-ring (bicyclic) bond motifs is 1. The molecule has 5 heteroatoms. The minimum absolute atomic E-state index is 0.0345. The average Bonchev–Trinajstić information content (AvgIpc) is 2.57. The molecule has 0 spiro atoms. The van der Waals surface area contributed by atoms with Gasteiger partial charge >= 0.3 is 0 Å². The van der Waals surface area contributed by atoms with Gasteiger partial charge in [-0.05, 0) is 36.4 Å². The molecular formula is C18H16BrN3O. The second-order valence-electron chi connectivity index (χ2n) is 5.11. The van der Waals surface area contributed by atoms with Crippen LogP contribution >= 0.6 is 15.9 Å². The van der Waals surface area contributed by atoms with Crippen LogP contribution in [0.4, 0.5) is 11.4 Å². The molecule has 2 aromatic carbocycles. The average molecular weight is 370 g/mol. The lowest BCUT2D eigenvalue weighted by Gasteiger charge is -2.09. The van der Waals surface area contributed by atoms with Crippen molar-refractivity contribution in [1.29, 1.82) is 0 Å². The van der Waals surface area contributed by atoms with E-state index in [1.54, 1.807) is 6.20 Å². The smallest absolute Gasteiger partial charge is 0.226 e. The van der Waals surface area contributed by atoms with Gasteiger partial charge < -0.3 is 10.6 Å². The molecule has 23 heavy (non-hydrogen) atoms. The molecule has 116 valence electrons. The lowest BCUT2D eigenvalue weighted by atomic mass is 10.2. The number of amides is 1. The number of nitrogens with one attached hydrogen (secondary N) is 2. The third-order valence-corrected chi connectivity index (χ3v) is 3.96. The SMILES string of the molecule is O=C(CCNc1ccc(Br)cc1)Nc1cccc2cccnc12. The molecular weight excluding hydrogens is 354 g/mol. The molecule has 0 unspecified atom stereocenters. The molecule has 3 aromatic rings. The maximum Gasteiger partial charge on any atom is 0.226 e. The molecule has 0 fully saturated rings. The van der Waals surface area contributed by atoms with Crippen LogP contribution in [0.25, 0.3) is 10.9 Å². The number of carbonyl (C=O) groups excluding carboxylic acids is 1. The van der Waals surface area contributed by atoms with Gasteiger partial charge in [-0.3, -0.25) is 9.78 Å². The zero-order chi connectivity index (χ0) is 16.1. The third kappa shape index (κ3) is 4.07. The fourth-order valence-electron chi connectivity index (χ4n) is 2.31. The molecule has 0 aliphatic carbocycles. The first-order valence-electron chi connectivity index (χ1n) is 7.35. The van der Waals surface area contributed by atoms with Crippen molar-refractivity contribution >= 4 is 44.1 Å². The number of benzene rings is 2. The van der Waals surface area contributed by atoms with E-state index < -0.39 is 0 Å². The van der Waals surface area contributed by atoms with E-state index in [0.29, 0.717) is 13.0 Å². The van der Waals surface area contributed by atoms with Crippen LogP contribution in [0.2, 0.25) is 0 Å². The maximum absolute atomic E-state index is 12.1. The molecule has 0 aliphatic heterocycles. The van der Waals surface area contributed by atoms with Gasteiger partial charge in [0.15, 0.2) is 0 Å². The summed E-state index contributed by atoms with van der Waals surface area (Å²) in [6, 6.07) is 17.5. The first-order chi connectivity index (χ1) is 11.2. The van der Waals surface area contributed by atoms with Gasteiger partial charge in [0.25, 0.3) is 0 Å². The van der Waals surface area contributed by atoms with Crippen LogP contribution in [0.5, 0.6) is 0 Å². The zero-order valence-electron chi connectivity index (χ0n) is 12.4. The standard InChI is InChI=1S/C18H16BrN3O/c19-14-6-8-15(9-7-14)20-12-10-17(23)22-16-5-1-3-13-4-2-11-21-18(13)16/h1-9,11,20H,10,12H2,(H,22,23). The summed E-state index contributed by atoms with van der Waals surface area (Å²) in [7, 11) is 0. The molecule has 1 aromatic heterocycles. The number of aromatic nitrogens is 1. The van der Waals surface area contributed by atoms with E-state index in [9.17, 15) is 4.79 Å². The number of halogens is 1. The summed E-state index contributed by atoms with van der Waals surface area (Å²) >= 11 is 3.40. The topological polar surface area (TPSA) is 54.0 Å². The van der Waals surface area contributed by atoms with Crippen molar-refractivity contribution < 1.29 is 4.79 Å². The predicted molar refractivity (Wildman–Crippen MR) is 97.6 cm³/mol. The fourth-order valence-corrected chi connectivity index (χ4v) is 2.57. The van der Waals surface area contributed by atoms with Gasteiger partial charge in [0, 0.05) is 34.7 Å². The second kappa shape index (κ2) is 7.24. The number of pyridine rings is 1. The highest BCUT2D eigenvalue weighted by atomic mass is 79.9. The highest BCUT2D eigenvalue weighted by Gasteiger charge is 2.06. The predicted octanol–water partition coefficient (Wildman–Crippen LogP) is 4.44. The zero-order valence-corrected chi connectivity index (χ0v) is 14.0. The van der Waals surface area contributed by atoms with Crippen LogP contribution in [0.1, 0.15) is 6.42 Å². The van der Waals surface area contributed by atoms with Crippen LogP contribution < -0.4 is 10.6 Å². The summed E-state index contributed by atoms with van der Waals surface area (Å²) in [5, 5.41) is 7.17. The Morgan fingerprint density at radius 3 is 2.65 bits per heavy atom. The van der Waals surface area contributed by atoms with Gasteiger partial charge in [-0.15, -0.1) is 0 Å². The molecule has 1 heterocycles. The molecule has 1 amide bonds. The van der Waals surface area contributed by atoms with Crippen LogP contribution in [0.15, 0.2) is 65.3 Å². The Morgan fingerprint density at radius 2 is 1.83 bits per heavy atom. The largest absolute Gasteiger partial charge is 0.385 e. The molecule has 0 saturated carbocycles. The van der Waals surface area contributed by atoms with E-state index >= 15 is 0 Å². The van der Waals surface area contributed by atoms with E-state index in [4.69, 9.17) is 0 Å². The normalized spacial score (nSPS) is 10.5. The third-order valence-electron chi connectivity index (χ3n) is 3.43. The number of hydrogen-bond donors (Lipinski definition) is 2. The van der Waals surface area contributed by atoms with E-state index in [-0.39, 0.29) is 5.91 Å². The summed E-state index contributed by atoms with van der Waals surface area (Å²) in [6.45, 7) is 0.575.